The van der Waals surface area contributed by atoms with Crippen molar-refractivity contribution < 1.29 is 5.11 Å². The van der Waals surface area contributed by atoms with Crippen LogP contribution in [0.25, 0.3) is 0 Å². The second-order valence-corrected chi connectivity index (χ2v) is 5.62. The average Bonchev–Trinajstić information content (AvgIpc) is 2.45. The third kappa shape index (κ3) is 3.68. The molecule has 2 aromatic carbocycles. The van der Waals surface area contributed by atoms with Crippen LogP contribution < -0.4 is 0 Å². The van der Waals surface area contributed by atoms with E-state index < -0.39 is 6.10 Å². The van der Waals surface area contributed by atoms with Gasteiger partial charge < -0.3 is 5.11 Å². The minimum Gasteiger partial charge on any atom is -0.384 e. The first-order valence-corrected chi connectivity index (χ1v) is 7.53. The number of benzene rings is 2. The van der Waals surface area contributed by atoms with Crippen molar-refractivity contribution in [2.24, 2.45) is 0 Å². The molecule has 0 spiro atoms. The Labute approximate surface area is 123 Å². The summed E-state index contributed by atoms with van der Waals surface area (Å²) in [5.41, 5.74) is 3.18. The largest absolute Gasteiger partial charge is 0.384 e. The van der Waals surface area contributed by atoms with Gasteiger partial charge in [-0.2, -0.15) is 0 Å². The van der Waals surface area contributed by atoms with Gasteiger partial charge >= 0.3 is 0 Å². The first-order valence-electron chi connectivity index (χ1n) is 6.73. The van der Waals surface area contributed by atoms with Gasteiger partial charge in [0.2, 0.25) is 0 Å². The maximum atomic E-state index is 10.4. The number of aliphatic hydroxyl groups is 1. The van der Waals surface area contributed by atoms with Crippen LogP contribution in [-0.4, -0.2) is 5.11 Å². The van der Waals surface area contributed by atoms with Crippen molar-refractivity contribution in [2.45, 2.75) is 32.3 Å². The van der Waals surface area contributed by atoms with E-state index >= 15 is 0 Å². The van der Waals surface area contributed by atoms with Gasteiger partial charge in [-0.05, 0) is 35.6 Å². The number of hydrogen-bond donors (Lipinski definition) is 1. The third-order valence-electron chi connectivity index (χ3n) is 3.31. The van der Waals surface area contributed by atoms with Crippen molar-refractivity contribution in [3.63, 3.8) is 0 Å². The standard InChI is InChI=1S/C17H19BrO/c1-2-3-6-13-9-11-14(12-10-13)17(19)15-7-4-5-8-16(15)18/h4-5,7-12,17,19H,2-3,6H2,1H3. The molecule has 0 aliphatic heterocycles. The molecule has 19 heavy (non-hydrogen) atoms. The van der Waals surface area contributed by atoms with E-state index in [9.17, 15) is 5.11 Å². The molecule has 0 aliphatic rings. The van der Waals surface area contributed by atoms with Gasteiger partial charge in [0, 0.05) is 4.47 Å². The highest BCUT2D eigenvalue weighted by Crippen LogP contribution is 2.28. The molecule has 1 atom stereocenters. The van der Waals surface area contributed by atoms with Gasteiger partial charge in [0.25, 0.3) is 0 Å². The maximum absolute atomic E-state index is 10.4. The Balaban J connectivity index is 2.16. The lowest BCUT2D eigenvalue weighted by atomic mass is 9.99. The average molecular weight is 319 g/mol. The molecule has 100 valence electrons. The van der Waals surface area contributed by atoms with Crippen LogP contribution in [0.3, 0.4) is 0 Å². The molecule has 1 N–H and O–H groups in total. The molecule has 0 aromatic heterocycles. The van der Waals surface area contributed by atoms with Crippen molar-refractivity contribution in [2.75, 3.05) is 0 Å². The lowest BCUT2D eigenvalue weighted by Gasteiger charge is -2.13. The van der Waals surface area contributed by atoms with E-state index in [-0.39, 0.29) is 0 Å². The zero-order chi connectivity index (χ0) is 13.7. The van der Waals surface area contributed by atoms with Crippen LogP contribution in [0.5, 0.6) is 0 Å². The van der Waals surface area contributed by atoms with Crippen LogP contribution in [-0.2, 0) is 6.42 Å². The number of halogens is 1. The topological polar surface area (TPSA) is 20.2 Å². The van der Waals surface area contributed by atoms with Crippen LogP contribution >= 0.6 is 15.9 Å². The Kier molecular flexibility index (Phi) is 5.17. The summed E-state index contributed by atoms with van der Waals surface area (Å²) in [6.45, 7) is 2.20. The molecule has 0 heterocycles. The van der Waals surface area contributed by atoms with Crippen LogP contribution in [0.2, 0.25) is 0 Å². The minimum atomic E-state index is -0.573. The zero-order valence-corrected chi connectivity index (χ0v) is 12.7. The Hall–Kier alpha value is -1.12. The summed E-state index contributed by atoms with van der Waals surface area (Å²) < 4.78 is 0.942. The van der Waals surface area contributed by atoms with Crippen molar-refractivity contribution in [1.82, 2.24) is 0 Å². The quantitative estimate of drug-likeness (QED) is 0.833. The van der Waals surface area contributed by atoms with Crippen molar-refractivity contribution >= 4 is 15.9 Å². The van der Waals surface area contributed by atoms with Gasteiger partial charge in [-0.15, -0.1) is 0 Å². The van der Waals surface area contributed by atoms with E-state index in [1.54, 1.807) is 0 Å². The molecule has 0 aliphatic carbocycles. The fourth-order valence-corrected chi connectivity index (χ4v) is 2.63. The smallest absolute Gasteiger partial charge is 0.105 e. The van der Waals surface area contributed by atoms with Crippen molar-refractivity contribution in [1.29, 1.82) is 0 Å². The highest BCUT2D eigenvalue weighted by atomic mass is 79.9. The second kappa shape index (κ2) is 6.88. The summed E-state index contributed by atoms with van der Waals surface area (Å²) in [4.78, 5) is 0. The van der Waals surface area contributed by atoms with E-state index in [0.717, 1.165) is 22.0 Å². The van der Waals surface area contributed by atoms with Gasteiger partial charge in [0.05, 0.1) is 0 Å². The van der Waals surface area contributed by atoms with Crippen LogP contribution in [0, 0.1) is 0 Å². The first-order chi connectivity index (χ1) is 9.22. The predicted molar refractivity (Wildman–Crippen MR) is 83.3 cm³/mol. The summed E-state index contributed by atoms with van der Waals surface area (Å²) in [5, 5.41) is 10.4. The van der Waals surface area contributed by atoms with E-state index in [0.29, 0.717) is 0 Å². The highest BCUT2D eigenvalue weighted by molar-refractivity contribution is 9.10. The van der Waals surface area contributed by atoms with E-state index in [1.807, 2.05) is 36.4 Å². The fourth-order valence-electron chi connectivity index (χ4n) is 2.12. The van der Waals surface area contributed by atoms with Gasteiger partial charge in [-0.3, -0.25) is 0 Å². The van der Waals surface area contributed by atoms with Crippen LogP contribution in [0.1, 0.15) is 42.6 Å². The molecule has 0 radical (unpaired) electrons. The number of aryl methyl sites for hydroxylation is 1. The summed E-state index contributed by atoms with van der Waals surface area (Å²) in [6.07, 6.45) is 2.96. The molecule has 0 saturated carbocycles. The normalized spacial score (nSPS) is 12.4. The summed E-state index contributed by atoms with van der Waals surface area (Å²) >= 11 is 3.48. The third-order valence-corrected chi connectivity index (χ3v) is 4.04. The summed E-state index contributed by atoms with van der Waals surface area (Å²) in [7, 11) is 0. The molecule has 2 heteroatoms. The molecule has 1 nitrogen and oxygen atoms in total. The predicted octanol–water partition coefficient (Wildman–Crippen LogP) is 4.87. The zero-order valence-electron chi connectivity index (χ0n) is 11.1. The SMILES string of the molecule is CCCCc1ccc(C(O)c2ccccc2Br)cc1. The lowest BCUT2D eigenvalue weighted by molar-refractivity contribution is 0.219. The highest BCUT2D eigenvalue weighted by Gasteiger charge is 2.12. The minimum absolute atomic E-state index is 0.573. The molecule has 2 aromatic rings. The van der Waals surface area contributed by atoms with Crippen molar-refractivity contribution in [3.05, 3.63) is 69.7 Å². The Morgan fingerprint density at radius 2 is 1.74 bits per heavy atom. The lowest BCUT2D eigenvalue weighted by Crippen LogP contribution is -2.00. The van der Waals surface area contributed by atoms with Crippen molar-refractivity contribution in [3.8, 4) is 0 Å². The van der Waals surface area contributed by atoms with Crippen LogP contribution in [0.4, 0.5) is 0 Å². The number of hydrogen-bond acceptors (Lipinski definition) is 1. The second-order valence-electron chi connectivity index (χ2n) is 4.77. The van der Waals surface area contributed by atoms with Gasteiger partial charge in [0.1, 0.15) is 6.10 Å². The molecule has 0 amide bonds. The molecule has 0 fully saturated rings. The maximum Gasteiger partial charge on any atom is 0.105 e. The Bertz CT molecular complexity index is 519. The summed E-state index contributed by atoms with van der Waals surface area (Å²) in [6, 6.07) is 16.1. The summed E-state index contributed by atoms with van der Waals surface area (Å²) in [5.74, 6) is 0. The Morgan fingerprint density at radius 3 is 2.37 bits per heavy atom. The van der Waals surface area contributed by atoms with Gasteiger partial charge in [0.15, 0.2) is 0 Å². The Morgan fingerprint density at radius 1 is 1.05 bits per heavy atom. The molecule has 0 bridgehead atoms. The van der Waals surface area contributed by atoms with E-state index in [2.05, 4.69) is 35.0 Å². The number of unbranched alkanes of at least 4 members (excludes halogenated alkanes) is 1. The number of rotatable bonds is 5. The molecule has 2 rings (SSSR count). The molecule has 0 saturated heterocycles. The van der Waals surface area contributed by atoms with Gasteiger partial charge in [-0.1, -0.05) is 71.7 Å². The molecular formula is C17H19BrO. The van der Waals surface area contributed by atoms with Gasteiger partial charge in [-0.25, -0.2) is 0 Å². The molecule has 1 unspecified atom stereocenters. The van der Waals surface area contributed by atoms with E-state index in [4.69, 9.17) is 0 Å². The molecular weight excluding hydrogens is 300 g/mol. The van der Waals surface area contributed by atoms with Crippen LogP contribution in [0.15, 0.2) is 53.0 Å². The van der Waals surface area contributed by atoms with E-state index in [1.165, 1.54) is 18.4 Å². The monoisotopic (exact) mass is 318 g/mol. The first kappa shape index (κ1) is 14.3. The fraction of sp³-hybridized carbons (Fsp3) is 0.294. The number of aliphatic hydroxyl groups excluding tert-OH is 1.